The minimum Gasteiger partial charge on any atom is -0.354 e. The van der Waals surface area contributed by atoms with E-state index in [1.165, 1.54) is 30.6 Å². The summed E-state index contributed by atoms with van der Waals surface area (Å²) in [4.78, 5) is 13.4. The van der Waals surface area contributed by atoms with Crippen molar-refractivity contribution in [3.8, 4) is 0 Å². The second-order valence-electron chi connectivity index (χ2n) is 5.85. The van der Waals surface area contributed by atoms with Crippen molar-refractivity contribution in [2.75, 3.05) is 6.54 Å². The Kier molecular flexibility index (Phi) is 6.35. The van der Waals surface area contributed by atoms with Crippen molar-refractivity contribution >= 4 is 41.3 Å². The molecular weight excluding hydrogens is 327 g/mol. The van der Waals surface area contributed by atoms with Crippen LogP contribution in [0.4, 0.5) is 0 Å². The van der Waals surface area contributed by atoms with Gasteiger partial charge in [-0.3, -0.25) is 4.79 Å². The molecular formula is C15H22Cl2N2OS. The molecule has 6 heteroatoms. The van der Waals surface area contributed by atoms with Crippen LogP contribution >= 0.6 is 35.3 Å². The molecule has 1 aromatic heterocycles. The second kappa shape index (κ2) is 7.82. The fraction of sp³-hybridized carbons (Fsp3) is 0.667. The summed E-state index contributed by atoms with van der Waals surface area (Å²) in [5, 5.41) is 6.57. The van der Waals surface area contributed by atoms with Crippen LogP contribution in [0.1, 0.15) is 37.0 Å². The van der Waals surface area contributed by atoms with Crippen molar-refractivity contribution in [1.29, 1.82) is 0 Å². The molecule has 3 atom stereocenters. The molecule has 3 nitrogen and oxygen atoms in total. The van der Waals surface area contributed by atoms with Gasteiger partial charge in [-0.1, -0.05) is 24.4 Å². The van der Waals surface area contributed by atoms with E-state index < -0.39 is 0 Å². The zero-order valence-corrected chi connectivity index (χ0v) is 14.3. The molecule has 3 rings (SSSR count). The second-order valence-corrected chi connectivity index (χ2v) is 7.65. The molecule has 2 aliphatic rings. The predicted molar refractivity (Wildman–Crippen MR) is 90.6 cm³/mol. The van der Waals surface area contributed by atoms with Gasteiger partial charge in [-0.05, 0) is 43.7 Å². The molecule has 1 aromatic rings. The first-order chi connectivity index (χ1) is 9.72. The van der Waals surface area contributed by atoms with Crippen LogP contribution in [0.3, 0.4) is 0 Å². The molecule has 1 aliphatic heterocycles. The zero-order chi connectivity index (χ0) is 13.9. The summed E-state index contributed by atoms with van der Waals surface area (Å²) in [5.74, 6) is 0.887. The van der Waals surface area contributed by atoms with Gasteiger partial charge in [-0.15, -0.1) is 23.7 Å². The fourth-order valence-electron chi connectivity index (χ4n) is 3.44. The molecule has 2 heterocycles. The Morgan fingerprint density at radius 3 is 2.90 bits per heavy atom. The molecule has 1 saturated carbocycles. The van der Waals surface area contributed by atoms with E-state index in [1.807, 2.05) is 12.1 Å². The first-order valence-corrected chi connectivity index (χ1v) is 8.70. The van der Waals surface area contributed by atoms with Crippen LogP contribution in [0, 0.1) is 5.92 Å². The molecule has 2 N–H and O–H groups in total. The van der Waals surface area contributed by atoms with Gasteiger partial charge in [0.1, 0.15) is 0 Å². The summed E-state index contributed by atoms with van der Waals surface area (Å²) < 4.78 is 0.813. The summed E-state index contributed by atoms with van der Waals surface area (Å²) in [5.41, 5.74) is 0. The van der Waals surface area contributed by atoms with Crippen molar-refractivity contribution in [3.63, 3.8) is 0 Å². The molecule has 1 amide bonds. The summed E-state index contributed by atoms with van der Waals surface area (Å²) in [6, 6.07) is 4.54. The van der Waals surface area contributed by atoms with Crippen LogP contribution in [0.25, 0.3) is 0 Å². The van der Waals surface area contributed by atoms with E-state index >= 15 is 0 Å². The summed E-state index contributed by atoms with van der Waals surface area (Å²) in [6.07, 6.45) is 7.04. The highest BCUT2D eigenvalue weighted by Gasteiger charge is 2.37. The SMILES string of the molecule is Cl.O=C(NCCc1ccc(Cl)s1)C1CC2CCCCC2N1. The number of hydrogen-bond acceptors (Lipinski definition) is 3. The molecule has 118 valence electrons. The quantitative estimate of drug-likeness (QED) is 0.875. The number of halogens is 2. The average Bonchev–Trinajstić information content (AvgIpc) is 3.04. The summed E-state index contributed by atoms with van der Waals surface area (Å²) >= 11 is 7.48. The van der Waals surface area contributed by atoms with Gasteiger partial charge < -0.3 is 10.6 Å². The lowest BCUT2D eigenvalue weighted by Gasteiger charge is -2.24. The Labute approximate surface area is 141 Å². The Balaban J connectivity index is 0.00000161. The highest BCUT2D eigenvalue weighted by atomic mass is 35.5. The van der Waals surface area contributed by atoms with Crippen LogP contribution in [0.2, 0.25) is 4.34 Å². The first-order valence-electron chi connectivity index (χ1n) is 7.50. The van der Waals surface area contributed by atoms with Gasteiger partial charge in [0, 0.05) is 17.5 Å². The lowest BCUT2D eigenvalue weighted by molar-refractivity contribution is -0.122. The molecule has 1 aliphatic carbocycles. The summed E-state index contributed by atoms with van der Waals surface area (Å²) in [7, 11) is 0. The van der Waals surface area contributed by atoms with Crippen molar-refractivity contribution in [2.45, 2.75) is 50.6 Å². The number of rotatable bonds is 4. The van der Waals surface area contributed by atoms with E-state index in [0.29, 0.717) is 12.6 Å². The minimum atomic E-state index is 0. The van der Waals surface area contributed by atoms with Crippen LogP contribution in [0.15, 0.2) is 12.1 Å². The third-order valence-electron chi connectivity index (χ3n) is 4.48. The highest BCUT2D eigenvalue weighted by molar-refractivity contribution is 7.16. The molecule has 3 unspecified atom stereocenters. The van der Waals surface area contributed by atoms with Crippen LogP contribution < -0.4 is 10.6 Å². The number of thiophene rings is 1. The van der Waals surface area contributed by atoms with Crippen LogP contribution in [-0.2, 0) is 11.2 Å². The number of nitrogens with one attached hydrogen (secondary N) is 2. The van der Waals surface area contributed by atoms with Crippen molar-refractivity contribution in [3.05, 3.63) is 21.3 Å². The highest BCUT2D eigenvalue weighted by Crippen LogP contribution is 2.33. The maximum Gasteiger partial charge on any atom is 0.237 e. The normalized spacial score (nSPS) is 27.8. The Morgan fingerprint density at radius 1 is 1.38 bits per heavy atom. The molecule has 0 bridgehead atoms. The van der Waals surface area contributed by atoms with E-state index in [4.69, 9.17) is 11.6 Å². The van der Waals surface area contributed by atoms with Gasteiger partial charge in [0.25, 0.3) is 0 Å². The largest absolute Gasteiger partial charge is 0.354 e. The molecule has 0 spiro atoms. The van der Waals surface area contributed by atoms with Crippen molar-refractivity contribution in [1.82, 2.24) is 10.6 Å². The Hall–Kier alpha value is -0.290. The number of carbonyl (C=O) groups is 1. The smallest absolute Gasteiger partial charge is 0.237 e. The van der Waals surface area contributed by atoms with Crippen molar-refractivity contribution < 1.29 is 4.79 Å². The number of fused-ring (bicyclic) bond motifs is 1. The van der Waals surface area contributed by atoms with Crippen LogP contribution in [0.5, 0.6) is 0 Å². The maximum atomic E-state index is 12.2. The van der Waals surface area contributed by atoms with Gasteiger partial charge in [-0.2, -0.15) is 0 Å². The third kappa shape index (κ3) is 4.35. The summed E-state index contributed by atoms with van der Waals surface area (Å²) in [6.45, 7) is 0.698. The molecule has 21 heavy (non-hydrogen) atoms. The molecule has 0 aromatic carbocycles. The lowest BCUT2D eigenvalue weighted by Crippen LogP contribution is -2.43. The topological polar surface area (TPSA) is 41.1 Å². The minimum absolute atomic E-state index is 0. The molecule has 1 saturated heterocycles. The Bertz CT molecular complexity index is 466. The van der Waals surface area contributed by atoms with Gasteiger partial charge >= 0.3 is 0 Å². The zero-order valence-electron chi connectivity index (χ0n) is 11.9. The third-order valence-corrected chi connectivity index (χ3v) is 5.77. The van der Waals surface area contributed by atoms with E-state index in [1.54, 1.807) is 11.3 Å². The fourth-order valence-corrected chi connectivity index (χ4v) is 4.53. The number of amides is 1. The monoisotopic (exact) mass is 348 g/mol. The average molecular weight is 349 g/mol. The van der Waals surface area contributed by atoms with E-state index in [-0.39, 0.29) is 24.4 Å². The maximum absolute atomic E-state index is 12.2. The van der Waals surface area contributed by atoms with E-state index in [9.17, 15) is 4.79 Å². The van der Waals surface area contributed by atoms with Crippen molar-refractivity contribution in [2.24, 2.45) is 5.92 Å². The van der Waals surface area contributed by atoms with Gasteiger partial charge in [-0.25, -0.2) is 0 Å². The lowest BCUT2D eigenvalue weighted by atomic mass is 9.85. The van der Waals surface area contributed by atoms with Gasteiger partial charge in [0.05, 0.1) is 10.4 Å². The Morgan fingerprint density at radius 2 is 2.19 bits per heavy atom. The van der Waals surface area contributed by atoms with E-state index in [2.05, 4.69) is 10.6 Å². The van der Waals surface area contributed by atoms with E-state index in [0.717, 1.165) is 23.1 Å². The van der Waals surface area contributed by atoms with Crippen LogP contribution in [-0.4, -0.2) is 24.5 Å². The number of hydrogen-bond donors (Lipinski definition) is 2. The standard InChI is InChI=1S/C15H21ClN2OS.ClH/c16-14-6-5-11(20-14)7-8-17-15(19)13-9-10-3-1-2-4-12(10)18-13;/h5-6,10,12-13,18H,1-4,7-9H2,(H,17,19);1H. The number of carbonyl (C=O) groups excluding carboxylic acids is 1. The predicted octanol–water partition coefficient (Wildman–Crippen LogP) is 3.40. The first kappa shape index (κ1) is 17.1. The van der Waals surface area contributed by atoms with Gasteiger partial charge in [0.15, 0.2) is 0 Å². The molecule has 2 fully saturated rings. The van der Waals surface area contributed by atoms with Gasteiger partial charge in [0.2, 0.25) is 5.91 Å². The molecule has 0 radical (unpaired) electrons.